The second-order valence-electron chi connectivity index (χ2n) is 8.98. The minimum absolute atomic E-state index is 0.0164. The molecule has 0 aliphatic carbocycles. The summed E-state index contributed by atoms with van der Waals surface area (Å²) >= 11 is 0. The monoisotopic (exact) mass is 504 g/mol. The lowest BCUT2D eigenvalue weighted by molar-refractivity contribution is -0.140. The van der Waals surface area contributed by atoms with Gasteiger partial charge in [0, 0.05) is 30.9 Å². The lowest BCUT2D eigenvalue weighted by Crippen LogP contribution is -2.43. The number of ether oxygens (including phenoxy) is 1. The number of nitrogens with zero attached hydrogens (tertiary/aromatic N) is 1. The highest BCUT2D eigenvalue weighted by molar-refractivity contribution is 5.84. The van der Waals surface area contributed by atoms with Gasteiger partial charge in [0.1, 0.15) is 0 Å². The highest BCUT2D eigenvalue weighted by Crippen LogP contribution is 2.40. The number of halogens is 3. The Bertz CT molecular complexity index is 1090. The Balaban J connectivity index is 1.33. The highest BCUT2D eigenvalue weighted by atomic mass is 19.4. The molecule has 2 heterocycles. The number of alkyl halides is 3. The van der Waals surface area contributed by atoms with Crippen LogP contribution in [0.3, 0.4) is 0 Å². The van der Waals surface area contributed by atoms with Crippen LogP contribution in [0.15, 0.2) is 42.5 Å². The predicted molar refractivity (Wildman–Crippen MR) is 129 cm³/mol. The second kappa shape index (κ2) is 11.2. The maximum absolute atomic E-state index is 13.5. The average Bonchev–Trinajstić information content (AvgIpc) is 3.27. The molecule has 2 aromatic carbocycles. The fourth-order valence-corrected chi connectivity index (χ4v) is 4.90. The lowest BCUT2D eigenvalue weighted by atomic mass is 9.98. The van der Waals surface area contributed by atoms with Crippen molar-refractivity contribution >= 4 is 17.6 Å². The highest BCUT2D eigenvalue weighted by Gasteiger charge is 2.38. The minimum Gasteiger partial charge on any atom is -0.382 e. The summed E-state index contributed by atoms with van der Waals surface area (Å²) in [6.07, 6.45) is -2.64. The third kappa shape index (κ3) is 5.92. The van der Waals surface area contributed by atoms with E-state index in [-0.39, 0.29) is 24.8 Å². The van der Waals surface area contributed by atoms with Crippen LogP contribution in [-0.4, -0.2) is 43.1 Å². The number of rotatable bonds is 6. The molecule has 1 fully saturated rings. The average molecular weight is 505 g/mol. The summed E-state index contributed by atoms with van der Waals surface area (Å²) in [5.41, 5.74) is 2.32. The molecule has 1 unspecified atom stereocenters. The first kappa shape index (κ1) is 25.8. The zero-order chi connectivity index (χ0) is 25.7. The van der Waals surface area contributed by atoms with Crippen LogP contribution >= 0.6 is 0 Å². The van der Waals surface area contributed by atoms with Gasteiger partial charge in [-0.25, -0.2) is 4.79 Å². The van der Waals surface area contributed by atoms with Crippen LogP contribution in [0.4, 0.5) is 23.7 Å². The van der Waals surface area contributed by atoms with E-state index in [0.29, 0.717) is 26.0 Å². The Labute approximate surface area is 208 Å². The minimum atomic E-state index is -4.50. The topological polar surface area (TPSA) is 82.7 Å². The summed E-state index contributed by atoms with van der Waals surface area (Å²) in [6, 6.07) is 10.0. The largest absolute Gasteiger partial charge is 0.416 e. The van der Waals surface area contributed by atoms with Crippen molar-refractivity contribution in [1.82, 2.24) is 15.5 Å². The number of amides is 3. The van der Waals surface area contributed by atoms with Gasteiger partial charge < -0.3 is 25.6 Å². The van der Waals surface area contributed by atoms with E-state index in [1.54, 1.807) is 6.07 Å². The number of benzene rings is 2. The van der Waals surface area contributed by atoms with Crippen LogP contribution in [0.2, 0.25) is 0 Å². The van der Waals surface area contributed by atoms with Gasteiger partial charge in [0.15, 0.2) is 0 Å². The van der Waals surface area contributed by atoms with Crippen molar-refractivity contribution in [3.63, 3.8) is 0 Å². The van der Waals surface area contributed by atoms with Crippen molar-refractivity contribution in [1.29, 1.82) is 0 Å². The molecular weight excluding hydrogens is 473 g/mol. The molecule has 2 aromatic rings. The summed E-state index contributed by atoms with van der Waals surface area (Å²) in [4.78, 5) is 26.6. The Hall–Kier alpha value is -3.27. The standard InChI is InChI=1S/C26H31F3N4O3/c1-2-23-19-14-17(9-10-21(19)30-11-13-36-23)15-31-25(35)32-16-24(34)33-12-5-8-22(33)18-6-3-4-7-20(18)26(27,28)29/h3-4,6-7,9-10,14,22-23,30H,2,5,8,11-13,15-16H2,1H3,(H2,31,32,35)/t22?,23-/m0/s1. The Morgan fingerprint density at radius 2 is 1.94 bits per heavy atom. The SMILES string of the molecule is CC[C@@H]1OCCNc2ccc(CNC(=O)NCC(=O)N3CCCC3c3ccccc3C(F)(F)F)cc21. The number of anilines is 1. The molecular formula is C26H31F3N4O3. The van der Waals surface area contributed by atoms with E-state index >= 15 is 0 Å². The Kier molecular flexibility index (Phi) is 8.03. The molecule has 0 spiro atoms. The molecule has 2 aliphatic rings. The van der Waals surface area contributed by atoms with Crippen LogP contribution < -0.4 is 16.0 Å². The third-order valence-electron chi connectivity index (χ3n) is 6.62. The molecule has 7 nitrogen and oxygen atoms in total. The molecule has 3 amide bonds. The molecule has 4 rings (SSSR count). The van der Waals surface area contributed by atoms with Crippen molar-refractivity contribution in [2.45, 2.75) is 51.1 Å². The molecule has 0 saturated carbocycles. The number of hydrogen-bond acceptors (Lipinski definition) is 4. The Morgan fingerprint density at radius 3 is 2.72 bits per heavy atom. The molecule has 0 aromatic heterocycles. The fourth-order valence-electron chi connectivity index (χ4n) is 4.90. The van der Waals surface area contributed by atoms with Gasteiger partial charge in [-0.2, -0.15) is 13.2 Å². The summed E-state index contributed by atoms with van der Waals surface area (Å²) in [7, 11) is 0. The number of hydrogen-bond donors (Lipinski definition) is 3. The van der Waals surface area contributed by atoms with Gasteiger partial charge in [0.05, 0.1) is 30.9 Å². The van der Waals surface area contributed by atoms with Gasteiger partial charge in [-0.15, -0.1) is 0 Å². The van der Waals surface area contributed by atoms with Gasteiger partial charge in [-0.05, 0) is 48.6 Å². The normalized spacial score (nSPS) is 19.7. The summed E-state index contributed by atoms with van der Waals surface area (Å²) in [5, 5.41) is 8.62. The fraction of sp³-hybridized carbons (Fsp3) is 0.462. The van der Waals surface area contributed by atoms with E-state index in [9.17, 15) is 22.8 Å². The second-order valence-corrected chi connectivity index (χ2v) is 8.98. The number of fused-ring (bicyclic) bond motifs is 1. The molecule has 36 heavy (non-hydrogen) atoms. The quantitative estimate of drug-likeness (QED) is 0.530. The predicted octanol–water partition coefficient (Wildman–Crippen LogP) is 4.76. The van der Waals surface area contributed by atoms with Gasteiger partial charge in [0.25, 0.3) is 0 Å². The van der Waals surface area contributed by atoms with E-state index in [1.807, 2.05) is 18.2 Å². The summed E-state index contributed by atoms with van der Waals surface area (Å²) in [5.74, 6) is -0.413. The number of carbonyl (C=O) groups is 2. The van der Waals surface area contributed by atoms with Crippen LogP contribution in [0.5, 0.6) is 0 Å². The van der Waals surface area contributed by atoms with Crippen molar-refractivity contribution in [2.24, 2.45) is 0 Å². The van der Waals surface area contributed by atoms with Crippen molar-refractivity contribution in [3.8, 4) is 0 Å². The summed E-state index contributed by atoms with van der Waals surface area (Å²) < 4.78 is 46.3. The molecule has 0 radical (unpaired) electrons. The van der Waals surface area contributed by atoms with E-state index < -0.39 is 29.7 Å². The number of carbonyl (C=O) groups excluding carboxylic acids is 2. The van der Waals surface area contributed by atoms with Crippen LogP contribution in [-0.2, 0) is 22.3 Å². The van der Waals surface area contributed by atoms with Crippen LogP contribution in [0.1, 0.15) is 60.6 Å². The third-order valence-corrected chi connectivity index (χ3v) is 6.62. The first-order valence-corrected chi connectivity index (χ1v) is 12.2. The lowest BCUT2D eigenvalue weighted by Gasteiger charge is -2.27. The van der Waals surface area contributed by atoms with Crippen LogP contribution in [0.25, 0.3) is 0 Å². The molecule has 10 heteroatoms. The smallest absolute Gasteiger partial charge is 0.382 e. The van der Waals surface area contributed by atoms with E-state index in [1.165, 1.54) is 17.0 Å². The zero-order valence-electron chi connectivity index (χ0n) is 20.2. The van der Waals surface area contributed by atoms with E-state index in [0.717, 1.165) is 35.8 Å². The van der Waals surface area contributed by atoms with E-state index in [2.05, 4.69) is 22.9 Å². The van der Waals surface area contributed by atoms with Gasteiger partial charge >= 0.3 is 12.2 Å². The zero-order valence-corrected chi connectivity index (χ0v) is 20.2. The van der Waals surface area contributed by atoms with E-state index in [4.69, 9.17) is 4.74 Å². The molecule has 2 aliphatic heterocycles. The maximum Gasteiger partial charge on any atom is 0.416 e. The maximum atomic E-state index is 13.5. The number of likely N-dealkylation sites (tertiary alicyclic amines) is 1. The molecule has 1 saturated heterocycles. The molecule has 2 atom stereocenters. The van der Waals surface area contributed by atoms with Crippen molar-refractivity contribution in [3.05, 3.63) is 64.7 Å². The summed E-state index contributed by atoms with van der Waals surface area (Å²) in [6.45, 7) is 3.73. The number of urea groups is 1. The molecule has 3 N–H and O–H groups in total. The van der Waals surface area contributed by atoms with Gasteiger partial charge in [-0.1, -0.05) is 31.2 Å². The van der Waals surface area contributed by atoms with Crippen LogP contribution in [0, 0.1) is 0 Å². The first-order valence-electron chi connectivity index (χ1n) is 12.2. The number of nitrogens with one attached hydrogen (secondary N) is 3. The van der Waals surface area contributed by atoms with Gasteiger partial charge in [0.2, 0.25) is 5.91 Å². The molecule has 0 bridgehead atoms. The van der Waals surface area contributed by atoms with Crippen molar-refractivity contribution in [2.75, 3.05) is 31.6 Å². The first-order chi connectivity index (χ1) is 17.3. The van der Waals surface area contributed by atoms with Crippen molar-refractivity contribution < 1.29 is 27.5 Å². The van der Waals surface area contributed by atoms with Gasteiger partial charge in [-0.3, -0.25) is 4.79 Å². The Morgan fingerprint density at radius 1 is 1.14 bits per heavy atom. The molecule has 194 valence electrons.